The Bertz CT molecular complexity index is 705. The van der Waals surface area contributed by atoms with Crippen LogP contribution in [0, 0.1) is 0 Å². The van der Waals surface area contributed by atoms with E-state index in [4.69, 9.17) is 11.6 Å². The van der Waals surface area contributed by atoms with Crippen molar-refractivity contribution in [3.63, 3.8) is 0 Å². The fourth-order valence-electron chi connectivity index (χ4n) is 2.24. The number of rotatable bonds is 3. The summed E-state index contributed by atoms with van der Waals surface area (Å²) in [6.45, 7) is 3.13. The highest BCUT2D eigenvalue weighted by molar-refractivity contribution is 6.50. The second kappa shape index (κ2) is 6.23. The van der Waals surface area contributed by atoms with Crippen LogP contribution >= 0.6 is 11.6 Å². The molecule has 1 aliphatic rings. The maximum Gasteiger partial charge on any atom is 0.233 e. The lowest BCUT2D eigenvalue weighted by molar-refractivity contribution is -0.141. The van der Waals surface area contributed by atoms with E-state index in [-0.39, 0.29) is 29.7 Å². The van der Waals surface area contributed by atoms with Crippen LogP contribution in [0.2, 0.25) is 0 Å². The Morgan fingerprint density at radius 2 is 1.41 bits per heavy atom. The lowest BCUT2D eigenvalue weighted by Crippen LogP contribution is -2.41. The molecule has 114 valence electrons. The van der Waals surface area contributed by atoms with Gasteiger partial charge >= 0.3 is 0 Å². The van der Waals surface area contributed by atoms with Gasteiger partial charge < -0.3 is 0 Å². The van der Waals surface area contributed by atoms with Gasteiger partial charge in [-0.15, -0.1) is 0 Å². The highest BCUT2D eigenvalue weighted by atomic mass is 35.5. The zero-order chi connectivity index (χ0) is 16.4. The predicted octanol–water partition coefficient (Wildman–Crippen LogP) is 2.69. The molecule has 0 heterocycles. The molecule has 1 aliphatic carbocycles. The molecule has 5 nitrogen and oxygen atoms in total. The maximum atomic E-state index is 12.6. The normalized spacial score (nSPS) is 14.0. The number of Topliss-reactive ketones (excluding diaryl/α,β-unsaturated/α-hetero) is 2. The Balaban J connectivity index is 2.65. The first kappa shape index (κ1) is 16.1. The van der Waals surface area contributed by atoms with Crippen molar-refractivity contribution in [3.05, 3.63) is 46.1 Å². The molecule has 22 heavy (non-hydrogen) atoms. The minimum Gasteiger partial charge on any atom is -0.287 e. The average Bonchev–Trinajstić information content (AvgIpc) is 2.55. The number of amides is 2. The summed E-state index contributed by atoms with van der Waals surface area (Å²) in [7, 11) is 0. The Morgan fingerprint density at radius 1 is 0.955 bits per heavy atom. The van der Waals surface area contributed by atoms with E-state index >= 15 is 0 Å². The first-order chi connectivity index (χ1) is 10.4. The molecule has 0 unspecified atom stereocenters. The summed E-state index contributed by atoms with van der Waals surface area (Å²) in [5.74, 6) is -2.30. The molecule has 0 spiro atoms. The number of allylic oxidation sites excluding steroid dienone is 2. The van der Waals surface area contributed by atoms with Crippen molar-refractivity contribution in [3.8, 4) is 0 Å². The molecule has 0 radical (unpaired) electrons. The van der Waals surface area contributed by atoms with Crippen LogP contribution in [0.1, 0.15) is 47.4 Å². The molecule has 0 bridgehead atoms. The van der Waals surface area contributed by atoms with Gasteiger partial charge in [-0.2, -0.15) is 0 Å². The Hall–Kier alpha value is -2.27. The number of carbonyl (C=O) groups excluding carboxylic acids is 4. The quantitative estimate of drug-likeness (QED) is 0.858. The minimum absolute atomic E-state index is 0.0164. The van der Waals surface area contributed by atoms with Gasteiger partial charge in [-0.1, -0.05) is 49.7 Å². The van der Waals surface area contributed by atoms with E-state index in [1.54, 1.807) is 26.0 Å². The predicted molar refractivity (Wildman–Crippen MR) is 80.4 cm³/mol. The molecule has 0 aliphatic heterocycles. The summed E-state index contributed by atoms with van der Waals surface area (Å²) in [5.41, 5.74) is -0.0251. The van der Waals surface area contributed by atoms with E-state index in [1.165, 1.54) is 12.1 Å². The summed E-state index contributed by atoms with van der Waals surface area (Å²) in [6.07, 6.45) is 0.0328. The van der Waals surface area contributed by atoms with E-state index in [2.05, 4.69) is 0 Å². The average molecular weight is 320 g/mol. The van der Waals surface area contributed by atoms with Crippen LogP contribution in [-0.2, 0) is 9.59 Å². The standard InChI is InChI=1S/C16H14ClNO4/c1-3-11(19)18(12(20)4-2)14-13(17)15(21)9-7-5-6-8-10(9)16(14)22/h5-8H,3-4H2,1-2H3. The number of fused-ring (bicyclic) bond motifs is 1. The molecule has 0 fully saturated rings. The number of hydrogen-bond acceptors (Lipinski definition) is 4. The van der Waals surface area contributed by atoms with Crippen LogP contribution in [0.5, 0.6) is 0 Å². The van der Waals surface area contributed by atoms with Crippen molar-refractivity contribution in [1.29, 1.82) is 0 Å². The molecule has 2 rings (SSSR count). The number of halogens is 1. The van der Waals surface area contributed by atoms with Gasteiger partial charge in [-0.3, -0.25) is 19.2 Å². The fourth-order valence-corrected chi connectivity index (χ4v) is 2.51. The van der Waals surface area contributed by atoms with Crippen LogP contribution in [0.4, 0.5) is 0 Å². The van der Waals surface area contributed by atoms with E-state index in [0.29, 0.717) is 0 Å². The summed E-state index contributed by atoms with van der Waals surface area (Å²) in [6, 6.07) is 6.19. The van der Waals surface area contributed by atoms with Gasteiger partial charge in [-0.25, -0.2) is 4.90 Å². The Labute approximate surface area is 132 Å². The van der Waals surface area contributed by atoms with Gasteiger partial charge in [0.05, 0.1) is 0 Å². The molecule has 0 N–H and O–H groups in total. The molecule has 0 saturated carbocycles. The first-order valence-corrected chi connectivity index (χ1v) is 7.25. The van der Waals surface area contributed by atoms with Gasteiger partial charge in [0, 0.05) is 24.0 Å². The molecule has 0 aromatic heterocycles. The number of carbonyl (C=O) groups is 4. The lowest BCUT2D eigenvalue weighted by Gasteiger charge is -2.26. The molecule has 1 aromatic rings. The van der Waals surface area contributed by atoms with Crippen molar-refractivity contribution in [2.24, 2.45) is 0 Å². The Morgan fingerprint density at radius 3 is 1.86 bits per heavy atom. The highest BCUT2D eigenvalue weighted by Crippen LogP contribution is 2.31. The lowest BCUT2D eigenvalue weighted by atomic mass is 9.91. The van der Waals surface area contributed by atoms with E-state index in [9.17, 15) is 19.2 Å². The molecule has 0 atom stereocenters. The number of nitrogens with zero attached hydrogens (tertiary/aromatic N) is 1. The number of benzene rings is 1. The smallest absolute Gasteiger partial charge is 0.233 e. The molecule has 0 saturated heterocycles. The van der Waals surface area contributed by atoms with Crippen LogP contribution < -0.4 is 0 Å². The molecular weight excluding hydrogens is 306 g/mol. The Kier molecular flexibility index (Phi) is 4.56. The fraction of sp³-hybridized carbons (Fsp3) is 0.250. The van der Waals surface area contributed by atoms with Crippen LogP contribution in [0.3, 0.4) is 0 Å². The molecule has 6 heteroatoms. The number of ketones is 2. The van der Waals surface area contributed by atoms with Crippen LogP contribution in [-0.4, -0.2) is 28.3 Å². The van der Waals surface area contributed by atoms with E-state index < -0.39 is 28.4 Å². The zero-order valence-electron chi connectivity index (χ0n) is 12.2. The molecule has 2 amide bonds. The third-order valence-electron chi connectivity index (χ3n) is 3.37. The topological polar surface area (TPSA) is 71.5 Å². The third kappa shape index (κ3) is 2.48. The monoisotopic (exact) mass is 319 g/mol. The van der Waals surface area contributed by atoms with Gasteiger partial charge in [0.15, 0.2) is 0 Å². The van der Waals surface area contributed by atoms with E-state index in [1.807, 2.05) is 0 Å². The SMILES string of the molecule is CCC(=O)N(C(=O)CC)C1=C(Cl)C(=O)c2ccccc2C1=O. The van der Waals surface area contributed by atoms with Gasteiger partial charge in [0.25, 0.3) is 0 Å². The van der Waals surface area contributed by atoms with Gasteiger partial charge in [-0.05, 0) is 0 Å². The molecular formula is C16H14ClNO4. The van der Waals surface area contributed by atoms with Crippen molar-refractivity contribution in [1.82, 2.24) is 4.90 Å². The largest absolute Gasteiger partial charge is 0.287 e. The van der Waals surface area contributed by atoms with Crippen LogP contribution in [0.15, 0.2) is 35.0 Å². The zero-order valence-corrected chi connectivity index (χ0v) is 12.9. The van der Waals surface area contributed by atoms with E-state index in [0.717, 1.165) is 4.90 Å². The van der Waals surface area contributed by atoms with Crippen molar-refractivity contribution >= 4 is 35.0 Å². The van der Waals surface area contributed by atoms with Gasteiger partial charge in [0.2, 0.25) is 23.4 Å². The maximum absolute atomic E-state index is 12.6. The van der Waals surface area contributed by atoms with Crippen LogP contribution in [0.25, 0.3) is 0 Å². The second-order valence-corrected chi connectivity index (χ2v) is 5.07. The summed E-state index contributed by atoms with van der Waals surface area (Å²) >= 11 is 6.02. The first-order valence-electron chi connectivity index (χ1n) is 6.87. The highest BCUT2D eigenvalue weighted by Gasteiger charge is 2.38. The summed E-state index contributed by atoms with van der Waals surface area (Å²) < 4.78 is 0. The van der Waals surface area contributed by atoms with Crippen molar-refractivity contribution in [2.75, 3.05) is 0 Å². The molecule has 1 aromatic carbocycles. The number of hydrogen-bond donors (Lipinski definition) is 0. The van der Waals surface area contributed by atoms with Crippen molar-refractivity contribution < 1.29 is 19.2 Å². The van der Waals surface area contributed by atoms with Gasteiger partial charge in [0.1, 0.15) is 10.7 Å². The summed E-state index contributed by atoms with van der Waals surface area (Å²) in [5, 5.41) is -0.396. The number of imide groups is 1. The minimum atomic E-state index is -0.594. The third-order valence-corrected chi connectivity index (χ3v) is 3.72. The second-order valence-electron chi connectivity index (χ2n) is 4.70. The summed E-state index contributed by atoms with van der Waals surface area (Å²) in [4.78, 5) is 49.8. The van der Waals surface area contributed by atoms with Crippen molar-refractivity contribution in [2.45, 2.75) is 26.7 Å².